The zero-order valence-corrected chi connectivity index (χ0v) is 12.1. The van der Waals surface area contributed by atoms with Crippen molar-refractivity contribution in [2.75, 3.05) is 33.4 Å². The Kier molecular flexibility index (Phi) is 5.61. The molecule has 0 aromatic heterocycles. The second-order valence-corrected chi connectivity index (χ2v) is 5.48. The van der Waals surface area contributed by atoms with Crippen molar-refractivity contribution in [1.82, 2.24) is 4.90 Å². The molecule has 1 aromatic rings. The van der Waals surface area contributed by atoms with Gasteiger partial charge in [-0.1, -0.05) is 0 Å². The zero-order chi connectivity index (χ0) is 15.4. The first-order valence-electron chi connectivity index (χ1n) is 7.14. The van der Waals surface area contributed by atoms with Gasteiger partial charge in [-0.15, -0.1) is 0 Å². The minimum absolute atomic E-state index is 0.236. The molecule has 6 heteroatoms. The van der Waals surface area contributed by atoms with Gasteiger partial charge in [0.05, 0.1) is 0 Å². The number of piperidine rings is 1. The zero-order valence-electron chi connectivity index (χ0n) is 12.1. The van der Waals surface area contributed by atoms with Gasteiger partial charge in [0.1, 0.15) is 0 Å². The van der Waals surface area contributed by atoms with Crippen LogP contribution in [0.15, 0.2) is 12.1 Å². The van der Waals surface area contributed by atoms with Crippen LogP contribution >= 0.6 is 0 Å². The van der Waals surface area contributed by atoms with Gasteiger partial charge in [-0.25, -0.2) is 13.2 Å². The number of nitrogens with two attached hydrogens (primary N) is 1. The van der Waals surface area contributed by atoms with E-state index in [9.17, 15) is 13.2 Å². The van der Waals surface area contributed by atoms with Gasteiger partial charge < -0.3 is 10.5 Å². The van der Waals surface area contributed by atoms with Crippen LogP contribution in [0.4, 0.5) is 13.2 Å². The van der Waals surface area contributed by atoms with Crippen molar-refractivity contribution in [2.24, 2.45) is 11.7 Å². The second kappa shape index (κ2) is 7.24. The number of halogens is 3. The molecule has 21 heavy (non-hydrogen) atoms. The van der Waals surface area contributed by atoms with Crippen LogP contribution in [-0.2, 0) is 4.74 Å². The fourth-order valence-corrected chi connectivity index (χ4v) is 2.93. The van der Waals surface area contributed by atoms with Gasteiger partial charge in [0.15, 0.2) is 17.5 Å². The Labute approximate surface area is 122 Å². The van der Waals surface area contributed by atoms with Gasteiger partial charge in [0.25, 0.3) is 0 Å². The Morgan fingerprint density at radius 3 is 2.29 bits per heavy atom. The summed E-state index contributed by atoms with van der Waals surface area (Å²) in [5.74, 6) is -3.27. The van der Waals surface area contributed by atoms with E-state index in [1.54, 1.807) is 7.11 Å². The third-order valence-electron chi connectivity index (χ3n) is 4.11. The molecule has 1 fully saturated rings. The van der Waals surface area contributed by atoms with Crippen molar-refractivity contribution in [1.29, 1.82) is 0 Å². The second-order valence-electron chi connectivity index (χ2n) is 5.48. The van der Waals surface area contributed by atoms with Crippen LogP contribution in [0.1, 0.15) is 24.4 Å². The summed E-state index contributed by atoms with van der Waals surface area (Å²) in [6.07, 6.45) is 1.91. The lowest BCUT2D eigenvalue weighted by Crippen LogP contribution is -2.40. The summed E-state index contributed by atoms with van der Waals surface area (Å²) in [5.41, 5.74) is 6.15. The summed E-state index contributed by atoms with van der Waals surface area (Å²) in [6.45, 7) is 2.54. The molecule has 1 aliphatic heterocycles. The van der Waals surface area contributed by atoms with E-state index in [0.717, 1.165) is 44.7 Å². The summed E-state index contributed by atoms with van der Waals surface area (Å²) in [4.78, 5) is 2.10. The highest BCUT2D eigenvalue weighted by molar-refractivity contribution is 5.23. The SMILES string of the molecule is COCC1CCN(C(CN)c2cc(F)c(F)c(F)c2)CC1. The molecular weight excluding hydrogens is 281 g/mol. The average Bonchev–Trinajstić information content (AvgIpc) is 2.47. The molecule has 0 saturated carbocycles. The number of hydrogen-bond acceptors (Lipinski definition) is 3. The van der Waals surface area contributed by atoms with Crippen LogP contribution in [0.3, 0.4) is 0 Å². The largest absolute Gasteiger partial charge is 0.384 e. The van der Waals surface area contributed by atoms with E-state index in [1.807, 2.05) is 0 Å². The molecule has 1 aliphatic rings. The number of likely N-dealkylation sites (tertiary alicyclic amines) is 1. The van der Waals surface area contributed by atoms with E-state index in [4.69, 9.17) is 10.5 Å². The first-order chi connectivity index (χ1) is 10.1. The third-order valence-corrected chi connectivity index (χ3v) is 4.11. The normalized spacial score (nSPS) is 18.9. The molecule has 1 unspecified atom stereocenters. The fraction of sp³-hybridized carbons (Fsp3) is 0.600. The van der Waals surface area contributed by atoms with E-state index in [0.29, 0.717) is 11.5 Å². The predicted octanol–water partition coefficient (Wildman–Crippen LogP) is 2.46. The van der Waals surface area contributed by atoms with E-state index in [-0.39, 0.29) is 12.6 Å². The molecule has 1 heterocycles. The van der Waals surface area contributed by atoms with E-state index in [2.05, 4.69) is 4.90 Å². The summed E-state index contributed by atoms with van der Waals surface area (Å²) >= 11 is 0. The molecule has 1 aromatic carbocycles. The van der Waals surface area contributed by atoms with E-state index in [1.165, 1.54) is 0 Å². The maximum absolute atomic E-state index is 13.4. The van der Waals surface area contributed by atoms with Crippen molar-refractivity contribution in [3.63, 3.8) is 0 Å². The van der Waals surface area contributed by atoms with Crippen LogP contribution in [0, 0.1) is 23.4 Å². The molecule has 0 spiro atoms. The molecule has 118 valence electrons. The quantitative estimate of drug-likeness (QED) is 0.849. The smallest absolute Gasteiger partial charge is 0.194 e. The molecule has 2 rings (SSSR count). The van der Waals surface area contributed by atoms with Crippen LogP contribution < -0.4 is 5.73 Å². The summed E-state index contributed by atoms with van der Waals surface area (Å²) in [5, 5.41) is 0. The van der Waals surface area contributed by atoms with Crippen LogP contribution in [0.5, 0.6) is 0 Å². The maximum Gasteiger partial charge on any atom is 0.194 e. The van der Waals surface area contributed by atoms with Gasteiger partial charge in [-0.05, 0) is 49.5 Å². The Balaban J connectivity index is 2.10. The summed E-state index contributed by atoms with van der Waals surface area (Å²) < 4.78 is 44.9. The third kappa shape index (κ3) is 3.75. The number of methoxy groups -OCH3 is 1. The first kappa shape index (κ1) is 16.3. The van der Waals surface area contributed by atoms with Crippen molar-refractivity contribution in [3.05, 3.63) is 35.1 Å². The van der Waals surface area contributed by atoms with E-state index >= 15 is 0 Å². The monoisotopic (exact) mass is 302 g/mol. The molecule has 3 nitrogen and oxygen atoms in total. The van der Waals surface area contributed by atoms with Crippen LogP contribution in [0.25, 0.3) is 0 Å². The molecule has 2 N–H and O–H groups in total. The number of benzene rings is 1. The average molecular weight is 302 g/mol. The summed E-state index contributed by atoms with van der Waals surface area (Å²) in [7, 11) is 1.68. The molecular formula is C15H21F3N2O. The molecule has 1 atom stereocenters. The van der Waals surface area contributed by atoms with Crippen molar-refractivity contribution in [3.8, 4) is 0 Å². The highest BCUT2D eigenvalue weighted by Gasteiger charge is 2.26. The lowest BCUT2D eigenvalue weighted by molar-refractivity contribution is 0.0808. The Bertz CT molecular complexity index is 453. The molecule has 0 bridgehead atoms. The number of nitrogens with zero attached hydrogens (tertiary/aromatic N) is 1. The molecule has 1 saturated heterocycles. The van der Waals surface area contributed by atoms with Gasteiger partial charge in [0, 0.05) is 26.3 Å². The van der Waals surface area contributed by atoms with Crippen molar-refractivity contribution >= 4 is 0 Å². The molecule has 0 amide bonds. The van der Waals surface area contributed by atoms with Crippen molar-refractivity contribution < 1.29 is 17.9 Å². The van der Waals surface area contributed by atoms with E-state index < -0.39 is 17.5 Å². The molecule has 0 aliphatic carbocycles. The predicted molar refractivity (Wildman–Crippen MR) is 74.3 cm³/mol. The van der Waals surface area contributed by atoms with Crippen LogP contribution in [0.2, 0.25) is 0 Å². The lowest BCUT2D eigenvalue weighted by Gasteiger charge is -2.37. The number of rotatable bonds is 5. The highest BCUT2D eigenvalue weighted by atomic mass is 19.2. The first-order valence-corrected chi connectivity index (χ1v) is 7.14. The lowest BCUT2D eigenvalue weighted by atomic mass is 9.94. The Hall–Kier alpha value is -1.11. The summed E-state index contributed by atoms with van der Waals surface area (Å²) in [6, 6.07) is 1.78. The highest BCUT2D eigenvalue weighted by Crippen LogP contribution is 2.28. The standard InChI is InChI=1S/C15H21F3N2O/c1-21-9-10-2-4-20(5-3-10)14(8-19)11-6-12(16)15(18)13(17)7-11/h6-7,10,14H,2-5,8-9,19H2,1H3. The minimum atomic E-state index is -1.44. The molecule has 0 radical (unpaired) electrons. The topological polar surface area (TPSA) is 38.5 Å². The Morgan fingerprint density at radius 1 is 1.24 bits per heavy atom. The van der Waals surface area contributed by atoms with Gasteiger partial charge in [-0.2, -0.15) is 0 Å². The maximum atomic E-state index is 13.4. The van der Waals surface area contributed by atoms with Crippen LogP contribution in [-0.4, -0.2) is 38.3 Å². The minimum Gasteiger partial charge on any atom is -0.384 e. The van der Waals surface area contributed by atoms with Gasteiger partial charge in [-0.3, -0.25) is 4.90 Å². The van der Waals surface area contributed by atoms with Gasteiger partial charge in [0.2, 0.25) is 0 Å². The Morgan fingerprint density at radius 2 is 1.81 bits per heavy atom. The number of hydrogen-bond donors (Lipinski definition) is 1. The fourth-order valence-electron chi connectivity index (χ4n) is 2.93. The number of ether oxygens (including phenoxy) is 1. The van der Waals surface area contributed by atoms with Gasteiger partial charge >= 0.3 is 0 Å². The van der Waals surface area contributed by atoms with Crippen molar-refractivity contribution in [2.45, 2.75) is 18.9 Å².